The first-order valence-electron chi connectivity index (χ1n) is 4.29. The van der Waals surface area contributed by atoms with E-state index in [0.29, 0.717) is 18.1 Å². The Labute approximate surface area is 83.6 Å². The van der Waals surface area contributed by atoms with Gasteiger partial charge in [-0.1, -0.05) is 0 Å². The van der Waals surface area contributed by atoms with Gasteiger partial charge in [-0.05, 0) is 0 Å². The SMILES string of the molecule is Nc1c[n+](Cc2cc(=O)[nH]c(=O)[nH]2)c[nH]1. The molecule has 0 aliphatic carbocycles. The quantitative estimate of drug-likeness (QED) is 0.442. The van der Waals surface area contributed by atoms with Crippen molar-refractivity contribution in [3.63, 3.8) is 0 Å². The van der Waals surface area contributed by atoms with Gasteiger partial charge in [-0.3, -0.25) is 9.78 Å². The molecular weight excluding hydrogens is 198 g/mol. The summed E-state index contributed by atoms with van der Waals surface area (Å²) in [5.74, 6) is 0.516. The van der Waals surface area contributed by atoms with Crippen LogP contribution in [-0.2, 0) is 6.54 Å². The molecule has 2 rings (SSSR count). The number of hydrogen-bond donors (Lipinski definition) is 4. The summed E-state index contributed by atoms with van der Waals surface area (Å²) in [4.78, 5) is 29.3. The minimum Gasteiger partial charge on any atom is -0.363 e. The van der Waals surface area contributed by atoms with Gasteiger partial charge >= 0.3 is 5.69 Å². The molecule has 2 aromatic heterocycles. The lowest BCUT2D eigenvalue weighted by Gasteiger charge is -1.95. The van der Waals surface area contributed by atoms with Crippen molar-refractivity contribution in [1.29, 1.82) is 0 Å². The molecule has 0 aliphatic heterocycles. The Morgan fingerprint density at radius 1 is 1.33 bits per heavy atom. The molecule has 0 radical (unpaired) electrons. The van der Waals surface area contributed by atoms with E-state index in [0.717, 1.165) is 0 Å². The summed E-state index contributed by atoms with van der Waals surface area (Å²) in [5.41, 5.74) is 5.07. The molecule has 2 aromatic rings. The highest BCUT2D eigenvalue weighted by molar-refractivity contribution is 5.18. The number of aromatic amines is 3. The minimum absolute atomic E-state index is 0.382. The Morgan fingerprint density at radius 3 is 2.73 bits per heavy atom. The van der Waals surface area contributed by atoms with Gasteiger partial charge < -0.3 is 10.7 Å². The lowest BCUT2D eigenvalue weighted by atomic mass is 10.4. The van der Waals surface area contributed by atoms with Crippen LogP contribution in [0, 0.1) is 0 Å². The number of anilines is 1. The van der Waals surface area contributed by atoms with Crippen LogP contribution in [0.25, 0.3) is 0 Å². The molecule has 0 amide bonds. The van der Waals surface area contributed by atoms with Crippen molar-refractivity contribution in [2.75, 3.05) is 5.73 Å². The van der Waals surface area contributed by atoms with Crippen LogP contribution in [-0.4, -0.2) is 15.0 Å². The molecule has 7 nitrogen and oxygen atoms in total. The molecule has 15 heavy (non-hydrogen) atoms. The number of hydrogen-bond acceptors (Lipinski definition) is 3. The minimum atomic E-state index is -0.512. The van der Waals surface area contributed by atoms with Crippen LogP contribution in [0.4, 0.5) is 5.82 Å². The monoisotopic (exact) mass is 208 g/mol. The first kappa shape index (κ1) is 9.25. The van der Waals surface area contributed by atoms with Crippen molar-refractivity contribution in [3.8, 4) is 0 Å². The molecule has 0 aliphatic rings. The third-order valence-electron chi connectivity index (χ3n) is 1.87. The number of H-pyrrole nitrogens is 3. The number of imidazole rings is 1. The zero-order chi connectivity index (χ0) is 10.8. The normalized spacial score (nSPS) is 10.4. The van der Waals surface area contributed by atoms with E-state index >= 15 is 0 Å². The number of nitrogen functional groups attached to an aromatic ring is 1. The van der Waals surface area contributed by atoms with E-state index in [1.165, 1.54) is 6.07 Å². The summed E-state index contributed by atoms with van der Waals surface area (Å²) < 4.78 is 1.72. The van der Waals surface area contributed by atoms with Crippen LogP contribution in [0.15, 0.2) is 28.2 Å². The highest BCUT2D eigenvalue weighted by Gasteiger charge is 2.04. The van der Waals surface area contributed by atoms with Gasteiger partial charge in [0, 0.05) is 6.07 Å². The summed E-state index contributed by atoms with van der Waals surface area (Å²) in [6, 6.07) is 1.33. The summed E-state index contributed by atoms with van der Waals surface area (Å²) in [5, 5.41) is 0. The summed E-state index contributed by atoms with van der Waals surface area (Å²) in [6.07, 6.45) is 3.31. The standard InChI is InChI=1S/C8H9N5O2/c9-6-3-13(4-10-6)2-5-1-7(14)12-8(15)11-5/h1,3-4H,2,9H2,(H2,11,12,14,15)/p+1. The average molecular weight is 208 g/mol. The van der Waals surface area contributed by atoms with Crippen molar-refractivity contribution in [2.45, 2.75) is 6.54 Å². The molecule has 0 fully saturated rings. The van der Waals surface area contributed by atoms with E-state index in [4.69, 9.17) is 5.73 Å². The van der Waals surface area contributed by atoms with Crippen LogP contribution >= 0.6 is 0 Å². The number of nitrogens with zero attached hydrogens (tertiary/aromatic N) is 1. The summed E-state index contributed by atoms with van der Waals surface area (Å²) in [7, 11) is 0. The second-order valence-electron chi connectivity index (χ2n) is 3.14. The van der Waals surface area contributed by atoms with Gasteiger partial charge in [0.15, 0.2) is 6.20 Å². The van der Waals surface area contributed by atoms with Gasteiger partial charge in [-0.25, -0.2) is 14.3 Å². The Hall–Kier alpha value is -2.31. The zero-order valence-corrected chi connectivity index (χ0v) is 7.78. The van der Waals surface area contributed by atoms with Crippen LogP contribution in [0.1, 0.15) is 5.69 Å². The van der Waals surface area contributed by atoms with Crippen LogP contribution in [0.2, 0.25) is 0 Å². The molecule has 0 atom stereocenters. The molecule has 78 valence electrons. The Kier molecular flexibility index (Phi) is 2.13. The Balaban J connectivity index is 2.32. The maximum absolute atomic E-state index is 11.0. The number of nitrogens with one attached hydrogen (secondary N) is 3. The molecule has 7 heteroatoms. The average Bonchev–Trinajstić information content (AvgIpc) is 2.49. The Morgan fingerprint density at radius 2 is 2.13 bits per heavy atom. The second kappa shape index (κ2) is 3.45. The number of aromatic nitrogens is 4. The lowest BCUT2D eigenvalue weighted by molar-refractivity contribution is -0.687. The molecule has 0 saturated carbocycles. The van der Waals surface area contributed by atoms with E-state index in [1.54, 1.807) is 17.1 Å². The van der Waals surface area contributed by atoms with Crippen molar-refractivity contribution in [2.24, 2.45) is 0 Å². The summed E-state index contributed by atoms with van der Waals surface area (Å²) >= 11 is 0. The molecule has 0 bridgehead atoms. The molecule has 0 aromatic carbocycles. The zero-order valence-electron chi connectivity index (χ0n) is 7.78. The van der Waals surface area contributed by atoms with E-state index in [9.17, 15) is 9.59 Å². The largest absolute Gasteiger partial charge is 0.363 e. The van der Waals surface area contributed by atoms with E-state index in [1.807, 2.05) is 0 Å². The van der Waals surface area contributed by atoms with Gasteiger partial charge in [-0.2, -0.15) is 0 Å². The van der Waals surface area contributed by atoms with E-state index in [2.05, 4.69) is 15.0 Å². The molecule has 0 unspecified atom stereocenters. The Bertz CT molecular complexity index is 551. The molecule has 5 N–H and O–H groups in total. The second-order valence-corrected chi connectivity index (χ2v) is 3.14. The van der Waals surface area contributed by atoms with Gasteiger partial charge in [0.25, 0.3) is 5.56 Å². The maximum Gasteiger partial charge on any atom is 0.326 e. The molecular formula is C8H10N5O2+. The fourth-order valence-electron chi connectivity index (χ4n) is 1.30. The van der Waals surface area contributed by atoms with Crippen molar-refractivity contribution < 1.29 is 4.57 Å². The smallest absolute Gasteiger partial charge is 0.326 e. The van der Waals surface area contributed by atoms with Crippen molar-refractivity contribution in [3.05, 3.63) is 45.1 Å². The van der Waals surface area contributed by atoms with Crippen LogP contribution in [0.3, 0.4) is 0 Å². The topological polar surface area (TPSA) is 111 Å². The van der Waals surface area contributed by atoms with Crippen molar-refractivity contribution >= 4 is 5.82 Å². The van der Waals surface area contributed by atoms with E-state index < -0.39 is 11.2 Å². The molecule has 2 heterocycles. The number of nitrogens with two attached hydrogens (primary N) is 1. The fraction of sp³-hybridized carbons (Fsp3) is 0.125. The predicted octanol–water partition coefficient (Wildman–Crippen LogP) is -1.69. The maximum atomic E-state index is 11.0. The highest BCUT2D eigenvalue weighted by atomic mass is 16.2. The van der Waals surface area contributed by atoms with Gasteiger partial charge in [0.05, 0.1) is 5.69 Å². The van der Waals surface area contributed by atoms with Gasteiger partial charge in [-0.15, -0.1) is 0 Å². The van der Waals surface area contributed by atoms with Crippen LogP contribution in [0.5, 0.6) is 0 Å². The van der Waals surface area contributed by atoms with E-state index in [-0.39, 0.29) is 0 Å². The fourth-order valence-corrected chi connectivity index (χ4v) is 1.30. The molecule has 0 spiro atoms. The molecule has 0 saturated heterocycles. The van der Waals surface area contributed by atoms with Crippen molar-refractivity contribution in [1.82, 2.24) is 15.0 Å². The number of rotatable bonds is 2. The van der Waals surface area contributed by atoms with Gasteiger partial charge in [0.1, 0.15) is 6.54 Å². The summed E-state index contributed by atoms with van der Waals surface area (Å²) in [6.45, 7) is 0.382. The first-order valence-corrected chi connectivity index (χ1v) is 4.29. The highest BCUT2D eigenvalue weighted by Crippen LogP contribution is 1.89. The predicted molar refractivity (Wildman–Crippen MR) is 52.2 cm³/mol. The third kappa shape index (κ3) is 2.13. The third-order valence-corrected chi connectivity index (χ3v) is 1.87. The lowest BCUT2D eigenvalue weighted by Crippen LogP contribution is -2.34. The first-order chi connectivity index (χ1) is 7.13. The van der Waals surface area contributed by atoms with Gasteiger partial charge in [0.2, 0.25) is 12.1 Å². The van der Waals surface area contributed by atoms with Crippen LogP contribution < -0.4 is 21.5 Å².